The Labute approximate surface area is 146 Å². The zero-order valence-electron chi connectivity index (χ0n) is 16.2. The number of hydrogen-bond donors (Lipinski definition) is 1. The molecule has 1 aliphatic carbocycles. The molecule has 0 atom stereocenters. The van der Waals surface area contributed by atoms with Crippen LogP contribution in [0.3, 0.4) is 0 Å². The molecular formula is C21H33N3. The molecule has 2 aromatic rings. The normalized spacial score (nSPS) is 21.7. The monoisotopic (exact) mass is 327 g/mol. The molecule has 3 heteroatoms. The Kier molecular flexibility index (Phi) is 4.74. The Morgan fingerprint density at radius 3 is 2.58 bits per heavy atom. The number of benzene rings is 1. The summed E-state index contributed by atoms with van der Waals surface area (Å²) < 4.78 is 0. The standard InChI is InChI=1S/C21H33N3/c1-14(2)24(6)17-11-15(12-17)7-10-20-22-18-9-8-16(21(3,4)5)13-19(18)23-20/h8-9,13-15,17H,7,10-12H2,1-6H3,(H,22,23)/t15-,17-. The minimum Gasteiger partial charge on any atom is -0.342 e. The highest BCUT2D eigenvalue weighted by molar-refractivity contribution is 5.76. The van der Waals surface area contributed by atoms with Crippen LogP contribution in [0.2, 0.25) is 0 Å². The summed E-state index contributed by atoms with van der Waals surface area (Å²) >= 11 is 0. The van der Waals surface area contributed by atoms with Crippen LogP contribution in [0.15, 0.2) is 18.2 Å². The van der Waals surface area contributed by atoms with Crippen LogP contribution in [-0.2, 0) is 11.8 Å². The van der Waals surface area contributed by atoms with Gasteiger partial charge in [0.1, 0.15) is 5.82 Å². The molecule has 1 aliphatic rings. The zero-order chi connectivity index (χ0) is 17.5. The second kappa shape index (κ2) is 6.51. The smallest absolute Gasteiger partial charge is 0.107 e. The van der Waals surface area contributed by atoms with Crippen molar-refractivity contribution < 1.29 is 0 Å². The quantitative estimate of drug-likeness (QED) is 0.846. The number of imidazole rings is 1. The molecule has 1 N–H and O–H groups in total. The molecule has 3 rings (SSSR count). The lowest BCUT2D eigenvalue weighted by Gasteiger charge is -2.43. The van der Waals surface area contributed by atoms with Crippen LogP contribution >= 0.6 is 0 Å². The SMILES string of the molecule is CC(C)N(C)[C@H]1C[C@H](CCc2nc3cc(C(C)(C)C)ccc3[nH]2)C1. The van der Waals surface area contributed by atoms with Gasteiger partial charge in [0.05, 0.1) is 11.0 Å². The Balaban J connectivity index is 1.57. The fraction of sp³-hybridized carbons (Fsp3) is 0.667. The number of rotatable bonds is 5. The molecule has 132 valence electrons. The van der Waals surface area contributed by atoms with Gasteiger partial charge in [0.15, 0.2) is 0 Å². The van der Waals surface area contributed by atoms with Gasteiger partial charge in [-0.3, -0.25) is 0 Å². The second-order valence-corrected chi connectivity index (χ2v) is 8.95. The predicted octanol–water partition coefficient (Wildman–Crippen LogP) is 4.91. The van der Waals surface area contributed by atoms with E-state index in [4.69, 9.17) is 4.98 Å². The highest BCUT2D eigenvalue weighted by Gasteiger charge is 2.32. The average Bonchev–Trinajstić information content (AvgIpc) is 2.85. The van der Waals surface area contributed by atoms with Crippen molar-refractivity contribution in [1.82, 2.24) is 14.9 Å². The lowest BCUT2D eigenvalue weighted by atomic mass is 9.76. The minimum atomic E-state index is 0.177. The molecular weight excluding hydrogens is 294 g/mol. The topological polar surface area (TPSA) is 31.9 Å². The average molecular weight is 328 g/mol. The van der Waals surface area contributed by atoms with Crippen LogP contribution in [0.1, 0.15) is 65.3 Å². The number of hydrogen-bond acceptors (Lipinski definition) is 2. The number of nitrogens with one attached hydrogen (secondary N) is 1. The molecule has 1 aromatic carbocycles. The van der Waals surface area contributed by atoms with Crippen molar-refractivity contribution in [3.63, 3.8) is 0 Å². The fourth-order valence-corrected chi connectivity index (χ4v) is 3.67. The molecule has 0 bridgehead atoms. The van der Waals surface area contributed by atoms with E-state index >= 15 is 0 Å². The van der Waals surface area contributed by atoms with Gasteiger partial charge in [-0.25, -0.2) is 4.98 Å². The van der Waals surface area contributed by atoms with Crippen LogP contribution in [-0.4, -0.2) is 34.0 Å². The van der Waals surface area contributed by atoms with Gasteiger partial charge in [-0.15, -0.1) is 0 Å². The van der Waals surface area contributed by atoms with E-state index < -0.39 is 0 Å². The summed E-state index contributed by atoms with van der Waals surface area (Å²) in [4.78, 5) is 10.9. The second-order valence-electron chi connectivity index (χ2n) is 8.95. The summed E-state index contributed by atoms with van der Waals surface area (Å²) in [7, 11) is 2.26. The zero-order valence-corrected chi connectivity index (χ0v) is 16.2. The van der Waals surface area contributed by atoms with Crippen molar-refractivity contribution in [2.45, 2.75) is 77.8 Å². The fourth-order valence-electron chi connectivity index (χ4n) is 3.67. The van der Waals surface area contributed by atoms with Crippen LogP contribution < -0.4 is 0 Å². The third kappa shape index (κ3) is 3.66. The highest BCUT2D eigenvalue weighted by atomic mass is 15.2. The van der Waals surface area contributed by atoms with Gasteiger partial charge in [-0.2, -0.15) is 0 Å². The van der Waals surface area contributed by atoms with Crippen molar-refractivity contribution in [3.8, 4) is 0 Å². The summed E-state index contributed by atoms with van der Waals surface area (Å²) in [5.74, 6) is 2.02. The molecule has 1 fully saturated rings. The summed E-state index contributed by atoms with van der Waals surface area (Å²) in [6.07, 6.45) is 5.03. The van der Waals surface area contributed by atoms with Crippen LogP contribution in [0.4, 0.5) is 0 Å². The molecule has 0 unspecified atom stereocenters. The molecule has 0 aliphatic heterocycles. The van der Waals surface area contributed by atoms with E-state index in [1.54, 1.807) is 0 Å². The Morgan fingerprint density at radius 2 is 1.96 bits per heavy atom. The van der Waals surface area contributed by atoms with Crippen molar-refractivity contribution in [3.05, 3.63) is 29.6 Å². The van der Waals surface area contributed by atoms with E-state index in [1.807, 2.05) is 0 Å². The van der Waals surface area contributed by atoms with Gasteiger partial charge < -0.3 is 9.88 Å². The van der Waals surface area contributed by atoms with Gasteiger partial charge in [-0.05, 0) is 69.2 Å². The Morgan fingerprint density at radius 1 is 1.25 bits per heavy atom. The molecule has 0 spiro atoms. The first-order valence-corrected chi connectivity index (χ1v) is 9.45. The van der Waals surface area contributed by atoms with Crippen LogP contribution in [0.5, 0.6) is 0 Å². The maximum Gasteiger partial charge on any atom is 0.107 e. The van der Waals surface area contributed by atoms with E-state index in [-0.39, 0.29) is 5.41 Å². The first kappa shape index (κ1) is 17.5. The number of aryl methyl sites for hydroxylation is 1. The third-order valence-corrected chi connectivity index (χ3v) is 5.79. The van der Waals surface area contributed by atoms with E-state index in [2.05, 4.69) is 69.7 Å². The minimum absolute atomic E-state index is 0.177. The summed E-state index contributed by atoms with van der Waals surface area (Å²) in [6.45, 7) is 11.3. The maximum atomic E-state index is 4.83. The summed E-state index contributed by atoms with van der Waals surface area (Å²) in [6, 6.07) is 8.10. The van der Waals surface area contributed by atoms with E-state index in [1.165, 1.54) is 30.3 Å². The van der Waals surface area contributed by atoms with Gasteiger partial charge >= 0.3 is 0 Å². The Hall–Kier alpha value is -1.35. The lowest BCUT2D eigenvalue weighted by molar-refractivity contribution is 0.0730. The van der Waals surface area contributed by atoms with Crippen molar-refractivity contribution >= 4 is 11.0 Å². The number of H-pyrrole nitrogens is 1. The van der Waals surface area contributed by atoms with Gasteiger partial charge in [0.25, 0.3) is 0 Å². The molecule has 1 aromatic heterocycles. The number of aromatic nitrogens is 2. The molecule has 0 amide bonds. The molecule has 0 saturated heterocycles. The number of nitrogens with zero attached hydrogens (tertiary/aromatic N) is 2. The first-order chi connectivity index (χ1) is 11.2. The molecule has 3 nitrogen and oxygen atoms in total. The highest BCUT2D eigenvalue weighted by Crippen LogP contribution is 2.35. The van der Waals surface area contributed by atoms with E-state index in [0.717, 1.165) is 29.7 Å². The van der Waals surface area contributed by atoms with Gasteiger partial charge in [0.2, 0.25) is 0 Å². The summed E-state index contributed by atoms with van der Waals surface area (Å²) in [5, 5.41) is 0. The largest absolute Gasteiger partial charge is 0.342 e. The first-order valence-electron chi connectivity index (χ1n) is 9.45. The van der Waals surface area contributed by atoms with Gasteiger partial charge in [-0.1, -0.05) is 26.8 Å². The van der Waals surface area contributed by atoms with Gasteiger partial charge in [0, 0.05) is 18.5 Å². The predicted molar refractivity (Wildman–Crippen MR) is 103 cm³/mol. The third-order valence-electron chi connectivity index (χ3n) is 5.79. The van der Waals surface area contributed by atoms with Crippen LogP contribution in [0, 0.1) is 5.92 Å². The molecule has 24 heavy (non-hydrogen) atoms. The summed E-state index contributed by atoms with van der Waals surface area (Å²) in [5.41, 5.74) is 3.82. The van der Waals surface area contributed by atoms with E-state index in [0.29, 0.717) is 6.04 Å². The maximum absolute atomic E-state index is 4.83. The lowest BCUT2D eigenvalue weighted by Crippen LogP contribution is -2.45. The van der Waals surface area contributed by atoms with Crippen molar-refractivity contribution in [2.75, 3.05) is 7.05 Å². The van der Waals surface area contributed by atoms with E-state index in [9.17, 15) is 0 Å². The number of fused-ring (bicyclic) bond motifs is 1. The van der Waals surface area contributed by atoms with Crippen LogP contribution in [0.25, 0.3) is 11.0 Å². The molecule has 1 saturated carbocycles. The number of aromatic amines is 1. The molecule has 0 radical (unpaired) electrons. The Bertz CT molecular complexity index is 687. The van der Waals surface area contributed by atoms with Crippen molar-refractivity contribution in [1.29, 1.82) is 0 Å². The van der Waals surface area contributed by atoms with Crippen molar-refractivity contribution in [2.24, 2.45) is 5.92 Å². The molecule has 1 heterocycles.